The molecule has 13 heavy (non-hydrogen) atoms. The first kappa shape index (κ1) is 9.64. The second kappa shape index (κ2) is 3.51. The predicted octanol–water partition coefficient (Wildman–Crippen LogP) is 1.09. The molecule has 1 aromatic heterocycles. The van der Waals surface area contributed by atoms with Gasteiger partial charge in [-0.3, -0.25) is 0 Å². The fourth-order valence-electron chi connectivity index (χ4n) is 1.22. The summed E-state index contributed by atoms with van der Waals surface area (Å²) in [4.78, 5) is 11.4. The van der Waals surface area contributed by atoms with Crippen LogP contribution in [0, 0.1) is 6.92 Å². The first-order valence-electron chi connectivity index (χ1n) is 4.16. The van der Waals surface area contributed by atoms with Crippen molar-refractivity contribution >= 4 is 11.7 Å². The van der Waals surface area contributed by atoms with Crippen molar-refractivity contribution in [3.05, 3.63) is 17.5 Å². The van der Waals surface area contributed by atoms with E-state index in [1.165, 1.54) is 0 Å². The molecule has 0 aliphatic carbocycles. The van der Waals surface area contributed by atoms with Gasteiger partial charge in [-0.05, 0) is 13.8 Å². The third kappa shape index (κ3) is 1.66. The molecule has 1 aromatic rings. The maximum atomic E-state index is 11.4. The molecule has 0 aliphatic heterocycles. The Labute approximate surface area is 77.3 Å². The van der Waals surface area contributed by atoms with Crippen molar-refractivity contribution in [2.75, 3.05) is 12.3 Å². The predicted molar refractivity (Wildman–Crippen MR) is 50.5 cm³/mol. The maximum absolute atomic E-state index is 11.4. The topological polar surface area (TPSA) is 57.2 Å². The number of rotatable bonds is 2. The summed E-state index contributed by atoms with van der Waals surface area (Å²) in [5.41, 5.74) is 7.43. The molecule has 72 valence electrons. The number of carbonyl (C=O) groups excluding carboxylic acids is 1. The van der Waals surface area contributed by atoms with E-state index in [4.69, 9.17) is 10.5 Å². The lowest BCUT2D eigenvalue weighted by Crippen LogP contribution is -2.08. The monoisotopic (exact) mass is 182 g/mol. The largest absolute Gasteiger partial charge is 0.462 e. The summed E-state index contributed by atoms with van der Waals surface area (Å²) in [6.07, 6.45) is 1.71. The van der Waals surface area contributed by atoms with Gasteiger partial charge in [-0.25, -0.2) is 4.79 Å². The summed E-state index contributed by atoms with van der Waals surface area (Å²) in [6, 6.07) is 0. The number of aryl methyl sites for hydroxylation is 1. The van der Waals surface area contributed by atoms with E-state index < -0.39 is 0 Å². The van der Waals surface area contributed by atoms with E-state index in [2.05, 4.69) is 0 Å². The maximum Gasteiger partial charge on any atom is 0.342 e. The Bertz CT molecular complexity index is 329. The standard InChI is InChI=1S/C9H14N2O2/c1-4-13-9(12)8-6(2)11(3)5-7(8)10/h5H,4,10H2,1-3H3. The Kier molecular flexibility index (Phi) is 2.60. The van der Waals surface area contributed by atoms with Gasteiger partial charge in [0.05, 0.1) is 12.3 Å². The number of esters is 1. The molecule has 0 saturated heterocycles. The second-order valence-corrected chi connectivity index (χ2v) is 2.88. The van der Waals surface area contributed by atoms with Gasteiger partial charge >= 0.3 is 5.97 Å². The minimum absolute atomic E-state index is 0.349. The van der Waals surface area contributed by atoms with Crippen molar-refractivity contribution in [1.29, 1.82) is 0 Å². The van der Waals surface area contributed by atoms with Crippen LogP contribution in [0.4, 0.5) is 5.69 Å². The van der Waals surface area contributed by atoms with Gasteiger partial charge in [0.2, 0.25) is 0 Å². The van der Waals surface area contributed by atoms with Gasteiger partial charge in [0, 0.05) is 18.9 Å². The van der Waals surface area contributed by atoms with Crippen LogP contribution in [0.3, 0.4) is 0 Å². The molecule has 4 nitrogen and oxygen atoms in total. The lowest BCUT2D eigenvalue weighted by Gasteiger charge is -2.02. The van der Waals surface area contributed by atoms with Crippen LogP contribution in [-0.4, -0.2) is 17.1 Å². The van der Waals surface area contributed by atoms with Crippen molar-refractivity contribution < 1.29 is 9.53 Å². The number of ether oxygens (including phenoxy) is 1. The van der Waals surface area contributed by atoms with Crippen LogP contribution in [0.25, 0.3) is 0 Å². The summed E-state index contributed by atoms with van der Waals surface area (Å²) in [6.45, 7) is 3.97. The molecule has 0 saturated carbocycles. The van der Waals surface area contributed by atoms with Crippen molar-refractivity contribution in [1.82, 2.24) is 4.57 Å². The minimum atomic E-state index is -0.349. The highest BCUT2D eigenvalue weighted by Crippen LogP contribution is 2.18. The zero-order valence-corrected chi connectivity index (χ0v) is 8.13. The molecule has 0 radical (unpaired) electrons. The highest BCUT2D eigenvalue weighted by molar-refractivity contribution is 5.96. The lowest BCUT2D eigenvalue weighted by molar-refractivity contribution is 0.0526. The van der Waals surface area contributed by atoms with E-state index in [1.807, 2.05) is 18.5 Å². The number of anilines is 1. The van der Waals surface area contributed by atoms with Gasteiger partial charge in [-0.15, -0.1) is 0 Å². The van der Waals surface area contributed by atoms with Crippen LogP contribution in [0.1, 0.15) is 23.0 Å². The number of hydrogen-bond donors (Lipinski definition) is 1. The Hall–Kier alpha value is -1.45. The van der Waals surface area contributed by atoms with E-state index in [9.17, 15) is 4.79 Å². The summed E-state index contributed by atoms with van der Waals surface area (Å²) < 4.78 is 6.68. The van der Waals surface area contributed by atoms with Gasteiger partial charge < -0.3 is 15.0 Å². The van der Waals surface area contributed by atoms with Crippen molar-refractivity contribution in [2.45, 2.75) is 13.8 Å². The second-order valence-electron chi connectivity index (χ2n) is 2.88. The number of hydrogen-bond acceptors (Lipinski definition) is 3. The highest BCUT2D eigenvalue weighted by Gasteiger charge is 2.16. The van der Waals surface area contributed by atoms with Crippen LogP contribution in [-0.2, 0) is 11.8 Å². The van der Waals surface area contributed by atoms with Gasteiger partial charge in [-0.2, -0.15) is 0 Å². The van der Waals surface area contributed by atoms with Crippen molar-refractivity contribution in [3.63, 3.8) is 0 Å². The average molecular weight is 182 g/mol. The molecule has 4 heteroatoms. The zero-order valence-electron chi connectivity index (χ0n) is 8.13. The molecule has 0 amide bonds. The Morgan fingerprint density at radius 1 is 1.69 bits per heavy atom. The Balaban J connectivity index is 3.06. The number of aromatic nitrogens is 1. The molecule has 2 N–H and O–H groups in total. The van der Waals surface area contributed by atoms with E-state index in [1.54, 1.807) is 13.1 Å². The van der Waals surface area contributed by atoms with E-state index in [0.29, 0.717) is 17.9 Å². The molecule has 1 rings (SSSR count). The van der Waals surface area contributed by atoms with Crippen LogP contribution < -0.4 is 5.73 Å². The quantitative estimate of drug-likeness (QED) is 0.696. The van der Waals surface area contributed by atoms with Gasteiger partial charge in [-0.1, -0.05) is 0 Å². The van der Waals surface area contributed by atoms with Gasteiger partial charge in [0.25, 0.3) is 0 Å². The Morgan fingerprint density at radius 3 is 2.69 bits per heavy atom. The Morgan fingerprint density at radius 2 is 2.31 bits per heavy atom. The molecule has 0 aliphatic rings. The SMILES string of the molecule is CCOC(=O)c1c(N)cn(C)c1C. The molecule has 0 fully saturated rings. The number of nitrogens with two attached hydrogens (primary N) is 1. The average Bonchev–Trinajstić information content (AvgIpc) is 2.27. The van der Waals surface area contributed by atoms with Gasteiger partial charge in [0.1, 0.15) is 5.56 Å². The number of carbonyl (C=O) groups is 1. The summed E-state index contributed by atoms with van der Waals surface area (Å²) in [5, 5.41) is 0. The highest BCUT2D eigenvalue weighted by atomic mass is 16.5. The summed E-state index contributed by atoms with van der Waals surface area (Å²) in [5.74, 6) is -0.349. The molecule has 0 unspecified atom stereocenters. The van der Waals surface area contributed by atoms with Crippen LogP contribution in [0.5, 0.6) is 0 Å². The van der Waals surface area contributed by atoms with Gasteiger partial charge in [0.15, 0.2) is 0 Å². The van der Waals surface area contributed by atoms with Crippen LogP contribution in [0.15, 0.2) is 6.20 Å². The normalized spacial score (nSPS) is 10.1. The molecular formula is C9H14N2O2. The van der Waals surface area contributed by atoms with Crippen LogP contribution >= 0.6 is 0 Å². The third-order valence-corrected chi connectivity index (χ3v) is 1.99. The lowest BCUT2D eigenvalue weighted by atomic mass is 10.2. The van der Waals surface area contributed by atoms with E-state index in [0.717, 1.165) is 5.69 Å². The molecule has 0 spiro atoms. The smallest absolute Gasteiger partial charge is 0.342 e. The summed E-state index contributed by atoms with van der Waals surface area (Å²) in [7, 11) is 1.84. The molecule has 1 heterocycles. The first-order chi connectivity index (χ1) is 6.07. The van der Waals surface area contributed by atoms with E-state index in [-0.39, 0.29) is 5.97 Å². The third-order valence-electron chi connectivity index (χ3n) is 1.99. The first-order valence-corrected chi connectivity index (χ1v) is 4.16. The number of nitrogen functional groups attached to an aromatic ring is 1. The number of nitrogens with zero attached hydrogens (tertiary/aromatic N) is 1. The fraction of sp³-hybridized carbons (Fsp3) is 0.444. The molecule has 0 atom stereocenters. The molecule has 0 bridgehead atoms. The van der Waals surface area contributed by atoms with Crippen molar-refractivity contribution in [2.24, 2.45) is 7.05 Å². The zero-order chi connectivity index (χ0) is 10.0. The fourth-order valence-corrected chi connectivity index (χ4v) is 1.22. The van der Waals surface area contributed by atoms with E-state index >= 15 is 0 Å². The van der Waals surface area contributed by atoms with Crippen LogP contribution in [0.2, 0.25) is 0 Å². The molecule has 0 aromatic carbocycles. The van der Waals surface area contributed by atoms with Crippen molar-refractivity contribution in [3.8, 4) is 0 Å². The molecular weight excluding hydrogens is 168 g/mol. The summed E-state index contributed by atoms with van der Waals surface area (Å²) >= 11 is 0. The minimum Gasteiger partial charge on any atom is -0.462 e.